The van der Waals surface area contributed by atoms with Crippen LogP contribution in [0.15, 0.2) is 53.5 Å². The van der Waals surface area contributed by atoms with Crippen LogP contribution in [0.5, 0.6) is 0 Å². The summed E-state index contributed by atoms with van der Waals surface area (Å²) in [5.74, 6) is 1.90. The quantitative estimate of drug-likeness (QED) is 0.229. The maximum atomic E-state index is 5.94. The summed E-state index contributed by atoms with van der Waals surface area (Å²) in [6, 6.07) is 16.0. The van der Waals surface area contributed by atoms with Gasteiger partial charge in [-0.1, -0.05) is 35.9 Å². The Morgan fingerprint density at radius 2 is 1.93 bits per heavy atom. The van der Waals surface area contributed by atoms with Crippen molar-refractivity contribution in [3.8, 4) is 0 Å². The number of nitrogens with zero attached hydrogens (tertiary/aromatic N) is 3. The number of hydrogen-bond donors (Lipinski definition) is 2. The number of guanidine groups is 1. The molecule has 0 aliphatic rings. The normalized spacial score (nSPS) is 11.3. The van der Waals surface area contributed by atoms with Gasteiger partial charge in [-0.2, -0.15) is 0 Å². The van der Waals surface area contributed by atoms with E-state index in [9.17, 15) is 0 Å². The minimum absolute atomic E-state index is 0. The molecular weight excluding hydrogens is 473 g/mol. The number of H-pyrrole nitrogens is 1. The molecule has 3 aromatic rings. The van der Waals surface area contributed by atoms with Crippen LogP contribution in [0.25, 0.3) is 11.0 Å². The van der Waals surface area contributed by atoms with Gasteiger partial charge in [0.25, 0.3) is 0 Å². The van der Waals surface area contributed by atoms with Crippen molar-refractivity contribution in [2.45, 2.75) is 19.4 Å². The van der Waals surface area contributed by atoms with Crippen LogP contribution in [-0.4, -0.2) is 41.5 Å². The molecule has 0 saturated heterocycles. The Morgan fingerprint density at radius 1 is 1.19 bits per heavy atom. The van der Waals surface area contributed by atoms with Crippen molar-refractivity contribution in [3.63, 3.8) is 0 Å². The van der Waals surface area contributed by atoms with Crippen LogP contribution in [0.2, 0.25) is 5.02 Å². The van der Waals surface area contributed by atoms with Crippen molar-refractivity contribution < 1.29 is 0 Å². The lowest BCUT2D eigenvalue weighted by Crippen LogP contribution is -2.39. The van der Waals surface area contributed by atoms with Gasteiger partial charge in [0.1, 0.15) is 5.82 Å². The number of para-hydroxylation sites is 2. The summed E-state index contributed by atoms with van der Waals surface area (Å²) in [7, 11) is 3.84. The van der Waals surface area contributed by atoms with Gasteiger partial charge in [-0.25, -0.2) is 4.98 Å². The number of aliphatic imine (C=N–C) groups is 1. The highest BCUT2D eigenvalue weighted by Gasteiger charge is 2.07. The molecule has 0 aliphatic heterocycles. The molecule has 5 nitrogen and oxygen atoms in total. The molecule has 0 atom stereocenters. The smallest absolute Gasteiger partial charge is 0.193 e. The van der Waals surface area contributed by atoms with E-state index >= 15 is 0 Å². The van der Waals surface area contributed by atoms with Gasteiger partial charge in [0, 0.05) is 38.6 Å². The third-order valence-electron chi connectivity index (χ3n) is 4.22. The molecule has 7 heteroatoms. The van der Waals surface area contributed by atoms with E-state index in [1.165, 1.54) is 5.56 Å². The summed E-state index contributed by atoms with van der Waals surface area (Å²) in [4.78, 5) is 14.4. The summed E-state index contributed by atoms with van der Waals surface area (Å²) < 4.78 is 0. The minimum atomic E-state index is 0. The number of nitrogens with one attached hydrogen (secondary N) is 2. The van der Waals surface area contributed by atoms with Crippen molar-refractivity contribution in [1.29, 1.82) is 0 Å². The van der Waals surface area contributed by atoms with Gasteiger partial charge in [0.15, 0.2) is 5.96 Å². The molecule has 0 aliphatic carbocycles. The number of hydrogen-bond acceptors (Lipinski definition) is 2. The lowest BCUT2D eigenvalue weighted by Gasteiger charge is -2.22. The molecule has 0 spiro atoms. The Balaban J connectivity index is 0.00000261. The first kappa shape index (κ1) is 21.5. The zero-order chi connectivity index (χ0) is 18.4. The highest BCUT2D eigenvalue weighted by molar-refractivity contribution is 14.0. The molecule has 0 radical (unpaired) electrons. The molecular formula is C20H25ClIN5. The van der Waals surface area contributed by atoms with Gasteiger partial charge in [0.05, 0.1) is 11.0 Å². The molecule has 144 valence electrons. The van der Waals surface area contributed by atoms with Crippen LogP contribution in [0.4, 0.5) is 0 Å². The van der Waals surface area contributed by atoms with Gasteiger partial charge < -0.3 is 15.2 Å². The molecule has 2 aromatic carbocycles. The number of halogens is 2. The number of fused-ring (bicyclic) bond motifs is 1. The Hall–Kier alpha value is -1.80. The van der Waals surface area contributed by atoms with Crippen molar-refractivity contribution in [2.24, 2.45) is 4.99 Å². The van der Waals surface area contributed by atoms with Crippen LogP contribution in [0, 0.1) is 0 Å². The summed E-state index contributed by atoms with van der Waals surface area (Å²) in [5.41, 5.74) is 3.31. The number of aryl methyl sites for hydroxylation is 1. The van der Waals surface area contributed by atoms with Crippen LogP contribution in [-0.2, 0) is 13.0 Å². The maximum absolute atomic E-state index is 5.94. The zero-order valence-electron chi connectivity index (χ0n) is 15.6. The average Bonchev–Trinajstić information content (AvgIpc) is 3.06. The third-order valence-corrected chi connectivity index (χ3v) is 4.47. The van der Waals surface area contributed by atoms with Crippen LogP contribution in [0.3, 0.4) is 0 Å². The molecule has 3 rings (SSSR count). The number of aromatic nitrogens is 2. The first-order chi connectivity index (χ1) is 12.7. The van der Waals surface area contributed by atoms with Gasteiger partial charge in [-0.05, 0) is 36.2 Å². The van der Waals surface area contributed by atoms with Crippen LogP contribution in [0.1, 0.15) is 17.8 Å². The van der Waals surface area contributed by atoms with Gasteiger partial charge in [0.2, 0.25) is 0 Å². The van der Waals surface area contributed by atoms with E-state index in [-0.39, 0.29) is 24.0 Å². The zero-order valence-corrected chi connectivity index (χ0v) is 18.7. The van der Waals surface area contributed by atoms with Crippen LogP contribution < -0.4 is 5.32 Å². The molecule has 2 N–H and O–H groups in total. The summed E-state index contributed by atoms with van der Waals surface area (Å²) in [6.45, 7) is 1.62. The molecule has 0 bridgehead atoms. The van der Waals surface area contributed by atoms with Crippen LogP contribution >= 0.6 is 35.6 Å². The van der Waals surface area contributed by atoms with Gasteiger partial charge in [-0.15, -0.1) is 24.0 Å². The van der Waals surface area contributed by atoms with E-state index in [4.69, 9.17) is 11.6 Å². The average molecular weight is 498 g/mol. The molecule has 0 saturated carbocycles. The lowest BCUT2D eigenvalue weighted by molar-refractivity contribution is 0.475. The van der Waals surface area contributed by atoms with E-state index in [1.54, 1.807) is 7.05 Å². The second kappa shape index (κ2) is 10.5. The minimum Gasteiger partial charge on any atom is -0.356 e. The first-order valence-corrected chi connectivity index (χ1v) is 9.13. The number of benzene rings is 2. The monoisotopic (exact) mass is 497 g/mol. The number of rotatable bonds is 6. The standard InChI is InChI=1S/C20H24ClN5.HI/c1-22-20(26(2)14-15-9-11-16(21)12-10-15)23-13-5-8-19-24-17-6-3-4-7-18(17)25-19;/h3-4,6-7,9-12H,5,8,13-14H2,1-2H3,(H,22,23)(H,24,25);1H. The van der Waals surface area contributed by atoms with E-state index in [1.807, 2.05) is 49.5 Å². The Labute approximate surface area is 182 Å². The summed E-state index contributed by atoms with van der Waals surface area (Å²) >= 11 is 5.94. The van der Waals surface area contributed by atoms with E-state index < -0.39 is 0 Å². The summed E-state index contributed by atoms with van der Waals surface area (Å²) in [5, 5.41) is 4.17. The highest BCUT2D eigenvalue weighted by atomic mass is 127. The molecule has 0 unspecified atom stereocenters. The largest absolute Gasteiger partial charge is 0.356 e. The fourth-order valence-electron chi connectivity index (χ4n) is 2.90. The number of aromatic amines is 1. The van der Waals surface area contributed by atoms with E-state index in [0.29, 0.717) is 0 Å². The molecule has 1 heterocycles. The van der Waals surface area contributed by atoms with E-state index in [0.717, 1.165) is 53.8 Å². The number of imidazole rings is 1. The molecule has 27 heavy (non-hydrogen) atoms. The van der Waals surface area contributed by atoms with E-state index in [2.05, 4.69) is 31.2 Å². The van der Waals surface area contributed by atoms with Crippen molar-refractivity contribution >= 4 is 52.6 Å². The summed E-state index contributed by atoms with van der Waals surface area (Å²) in [6.07, 6.45) is 1.88. The predicted molar refractivity (Wildman–Crippen MR) is 124 cm³/mol. The SMILES string of the molecule is CN=C(NCCCc1nc2ccccc2[nH]1)N(C)Cc1ccc(Cl)cc1.I. The van der Waals surface area contributed by atoms with Crippen molar-refractivity contribution in [3.05, 3.63) is 64.9 Å². The molecule has 0 fully saturated rings. The fraction of sp³-hybridized carbons (Fsp3) is 0.300. The lowest BCUT2D eigenvalue weighted by atomic mass is 10.2. The van der Waals surface area contributed by atoms with Gasteiger partial charge in [-0.3, -0.25) is 4.99 Å². The predicted octanol–water partition coefficient (Wildman–Crippen LogP) is 4.47. The van der Waals surface area contributed by atoms with Crippen molar-refractivity contribution in [1.82, 2.24) is 20.2 Å². The van der Waals surface area contributed by atoms with Gasteiger partial charge >= 0.3 is 0 Å². The first-order valence-electron chi connectivity index (χ1n) is 8.75. The molecule has 1 aromatic heterocycles. The Kier molecular flexibility index (Phi) is 8.37. The van der Waals surface area contributed by atoms with Crippen molar-refractivity contribution in [2.75, 3.05) is 20.6 Å². The third kappa shape index (κ3) is 6.10. The fourth-order valence-corrected chi connectivity index (χ4v) is 3.03. The Morgan fingerprint density at radius 3 is 2.63 bits per heavy atom. The second-order valence-electron chi connectivity index (χ2n) is 6.26. The maximum Gasteiger partial charge on any atom is 0.193 e. The second-order valence-corrected chi connectivity index (χ2v) is 6.70. The highest BCUT2D eigenvalue weighted by Crippen LogP contribution is 2.12. The molecule has 0 amide bonds. The topological polar surface area (TPSA) is 56.3 Å². The Bertz CT molecular complexity index is 842.